The lowest BCUT2D eigenvalue weighted by molar-refractivity contribution is 0.0992. The van der Waals surface area contributed by atoms with Crippen LogP contribution in [-0.2, 0) is 6.54 Å². The van der Waals surface area contributed by atoms with E-state index in [0.717, 1.165) is 10.9 Å². The van der Waals surface area contributed by atoms with Crippen LogP contribution in [0.15, 0.2) is 72.8 Å². The number of nitrogen functional groups attached to an aromatic ring is 1. The summed E-state index contributed by atoms with van der Waals surface area (Å²) in [6.07, 6.45) is 0. The third-order valence-corrected chi connectivity index (χ3v) is 5.25. The highest BCUT2D eigenvalue weighted by Gasteiger charge is 2.11. The lowest BCUT2D eigenvalue weighted by Crippen LogP contribution is -2.16. The van der Waals surface area contributed by atoms with Crippen LogP contribution in [0.25, 0.3) is 10.9 Å². The third kappa shape index (κ3) is 4.94. The summed E-state index contributed by atoms with van der Waals surface area (Å²) in [6.45, 7) is 0.476. The molecule has 0 aliphatic rings. The first-order valence-electron chi connectivity index (χ1n) is 10.3. The van der Waals surface area contributed by atoms with Gasteiger partial charge in [0.05, 0.1) is 16.9 Å². The van der Waals surface area contributed by atoms with Gasteiger partial charge in [0.25, 0.3) is 5.91 Å². The minimum absolute atomic E-state index is 0.249. The number of primary amides is 2. The maximum atomic E-state index is 12.6. The van der Waals surface area contributed by atoms with Crippen LogP contribution in [0.2, 0.25) is 0 Å². The predicted molar refractivity (Wildman–Crippen MR) is 131 cm³/mol. The van der Waals surface area contributed by atoms with Crippen molar-refractivity contribution >= 4 is 45.8 Å². The van der Waals surface area contributed by atoms with Crippen LogP contribution in [-0.4, -0.2) is 22.7 Å². The van der Waals surface area contributed by atoms with E-state index in [1.165, 1.54) is 18.2 Å². The van der Waals surface area contributed by atoms with E-state index in [0.29, 0.717) is 40.4 Å². The van der Waals surface area contributed by atoms with Gasteiger partial charge >= 0.3 is 0 Å². The third-order valence-electron chi connectivity index (χ3n) is 5.25. The number of nitrogens with zero attached hydrogens (tertiary/aromatic N) is 1. The van der Waals surface area contributed by atoms with E-state index in [1.807, 2.05) is 24.3 Å². The van der Waals surface area contributed by atoms with Crippen LogP contribution in [0.3, 0.4) is 0 Å². The molecule has 0 spiro atoms. The van der Waals surface area contributed by atoms with Gasteiger partial charge < -0.3 is 27.8 Å². The summed E-state index contributed by atoms with van der Waals surface area (Å²) in [5.41, 5.74) is 19.8. The number of benzene rings is 3. The zero-order chi connectivity index (χ0) is 24.2. The fourth-order valence-electron chi connectivity index (χ4n) is 3.35. The molecule has 0 atom stereocenters. The number of nitrogens with one attached hydrogen (secondary N) is 2. The minimum Gasteiger partial charge on any atom is -0.397 e. The number of amides is 3. The van der Waals surface area contributed by atoms with Gasteiger partial charge in [-0.3, -0.25) is 14.4 Å². The summed E-state index contributed by atoms with van der Waals surface area (Å²) in [5, 5.41) is 6.82. The Hall–Kier alpha value is -4.92. The van der Waals surface area contributed by atoms with Crippen molar-refractivity contribution in [3.05, 3.63) is 95.1 Å². The zero-order valence-corrected chi connectivity index (χ0v) is 18.0. The highest BCUT2D eigenvalue weighted by molar-refractivity contribution is 6.06. The van der Waals surface area contributed by atoms with E-state index < -0.39 is 11.8 Å². The van der Waals surface area contributed by atoms with Crippen LogP contribution in [0.1, 0.15) is 36.6 Å². The maximum absolute atomic E-state index is 12.6. The smallest absolute Gasteiger partial charge is 0.255 e. The number of carbonyl (C=O) groups excluding carboxylic acids is 3. The van der Waals surface area contributed by atoms with E-state index in [4.69, 9.17) is 17.2 Å². The van der Waals surface area contributed by atoms with Crippen molar-refractivity contribution in [2.24, 2.45) is 11.5 Å². The van der Waals surface area contributed by atoms with Gasteiger partial charge in [0.2, 0.25) is 11.8 Å². The van der Waals surface area contributed by atoms with E-state index in [-0.39, 0.29) is 11.5 Å². The van der Waals surface area contributed by atoms with Crippen molar-refractivity contribution in [1.82, 2.24) is 4.98 Å². The molecule has 34 heavy (non-hydrogen) atoms. The Morgan fingerprint density at radius 2 is 1.38 bits per heavy atom. The van der Waals surface area contributed by atoms with Gasteiger partial charge in [0.15, 0.2) is 0 Å². The summed E-state index contributed by atoms with van der Waals surface area (Å²) < 4.78 is 0. The second kappa shape index (κ2) is 9.29. The Kier molecular flexibility index (Phi) is 6.09. The summed E-state index contributed by atoms with van der Waals surface area (Å²) in [5.74, 6) is -0.842. The van der Waals surface area contributed by atoms with Crippen LogP contribution < -0.4 is 27.8 Å². The largest absolute Gasteiger partial charge is 0.397 e. The summed E-state index contributed by atoms with van der Waals surface area (Å²) in [6, 6.07) is 20.3. The van der Waals surface area contributed by atoms with Gasteiger partial charge in [-0.2, -0.15) is 0 Å². The average Bonchev–Trinajstić information content (AvgIpc) is 2.83. The molecule has 0 saturated carbocycles. The van der Waals surface area contributed by atoms with Crippen molar-refractivity contribution in [2.45, 2.75) is 6.54 Å². The highest BCUT2D eigenvalue weighted by atomic mass is 16.2. The molecule has 0 bridgehead atoms. The molecular weight excluding hydrogens is 432 g/mol. The molecule has 1 aromatic heterocycles. The Bertz CT molecular complexity index is 1420. The molecule has 0 aliphatic heterocycles. The molecule has 0 radical (unpaired) electrons. The van der Waals surface area contributed by atoms with Gasteiger partial charge in [-0.25, -0.2) is 4.98 Å². The molecule has 170 valence electrons. The predicted octanol–water partition coefficient (Wildman–Crippen LogP) is 2.88. The number of rotatable bonds is 7. The molecule has 0 saturated heterocycles. The van der Waals surface area contributed by atoms with Crippen LogP contribution >= 0.6 is 0 Å². The lowest BCUT2D eigenvalue weighted by Gasteiger charge is -2.10. The second-order valence-corrected chi connectivity index (χ2v) is 7.64. The van der Waals surface area contributed by atoms with E-state index in [1.54, 1.807) is 30.3 Å². The monoisotopic (exact) mass is 454 g/mol. The molecule has 4 aromatic rings. The zero-order valence-electron chi connectivity index (χ0n) is 18.0. The van der Waals surface area contributed by atoms with Crippen LogP contribution in [0.5, 0.6) is 0 Å². The number of pyridine rings is 1. The Balaban J connectivity index is 1.42. The molecular formula is C25H22N6O3. The number of aromatic nitrogens is 1. The standard InChI is InChI=1S/C25H22N6O3/c26-19-9-7-18(24(28)33)12-21(19)31-25(34)16-3-1-14(2-4-16)13-29-22-10-8-15-5-6-17(23(27)32)11-20(15)30-22/h1-12H,13,26H2,(H2,27,32)(H2,28,33)(H,29,30)(H,31,34). The molecule has 3 aromatic carbocycles. The quantitative estimate of drug-likeness (QED) is 0.269. The molecule has 8 N–H and O–H groups in total. The number of fused-ring (bicyclic) bond motifs is 1. The van der Waals surface area contributed by atoms with Crippen molar-refractivity contribution in [3.8, 4) is 0 Å². The Morgan fingerprint density at radius 3 is 2.09 bits per heavy atom. The lowest BCUT2D eigenvalue weighted by atomic mass is 10.1. The van der Waals surface area contributed by atoms with Gasteiger partial charge in [-0.05, 0) is 60.2 Å². The van der Waals surface area contributed by atoms with Gasteiger partial charge in [0.1, 0.15) is 5.82 Å². The molecule has 0 fully saturated rings. The molecule has 0 unspecified atom stereocenters. The fourth-order valence-corrected chi connectivity index (χ4v) is 3.35. The number of hydrogen-bond acceptors (Lipinski definition) is 6. The summed E-state index contributed by atoms with van der Waals surface area (Å²) >= 11 is 0. The number of anilines is 3. The van der Waals surface area contributed by atoms with Crippen LogP contribution in [0.4, 0.5) is 17.2 Å². The molecule has 9 heteroatoms. The van der Waals surface area contributed by atoms with Crippen LogP contribution in [0, 0.1) is 0 Å². The van der Waals surface area contributed by atoms with Crippen molar-refractivity contribution in [3.63, 3.8) is 0 Å². The normalized spacial score (nSPS) is 10.6. The average molecular weight is 454 g/mol. The Morgan fingerprint density at radius 1 is 0.765 bits per heavy atom. The first-order chi connectivity index (χ1) is 16.3. The highest BCUT2D eigenvalue weighted by Crippen LogP contribution is 2.21. The van der Waals surface area contributed by atoms with Gasteiger partial charge in [-0.1, -0.05) is 18.2 Å². The fraction of sp³-hybridized carbons (Fsp3) is 0.0400. The van der Waals surface area contributed by atoms with Crippen molar-refractivity contribution in [1.29, 1.82) is 0 Å². The summed E-state index contributed by atoms with van der Waals surface area (Å²) in [7, 11) is 0. The molecule has 9 nitrogen and oxygen atoms in total. The number of hydrogen-bond donors (Lipinski definition) is 5. The molecule has 0 aliphatic carbocycles. The SMILES string of the molecule is NC(=O)c1ccc(N)c(NC(=O)c2ccc(CNc3ccc4ccc(C(N)=O)cc4n3)cc2)c1. The molecule has 3 amide bonds. The molecule has 1 heterocycles. The minimum atomic E-state index is -0.610. The maximum Gasteiger partial charge on any atom is 0.255 e. The van der Waals surface area contributed by atoms with E-state index in [9.17, 15) is 14.4 Å². The number of carbonyl (C=O) groups is 3. The van der Waals surface area contributed by atoms with E-state index >= 15 is 0 Å². The molecule has 4 rings (SSSR count). The van der Waals surface area contributed by atoms with Gasteiger partial charge in [0, 0.05) is 28.6 Å². The topological polar surface area (TPSA) is 166 Å². The van der Waals surface area contributed by atoms with Crippen molar-refractivity contribution in [2.75, 3.05) is 16.4 Å². The van der Waals surface area contributed by atoms with E-state index in [2.05, 4.69) is 15.6 Å². The summed E-state index contributed by atoms with van der Waals surface area (Å²) in [4.78, 5) is 39.9. The first kappa shape index (κ1) is 22.3. The Labute approximate surface area is 195 Å². The van der Waals surface area contributed by atoms with Crippen molar-refractivity contribution < 1.29 is 14.4 Å². The van der Waals surface area contributed by atoms with Gasteiger partial charge in [-0.15, -0.1) is 0 Å². The number of nitrogens with two attached hydrogens (primary N) is 3. The second-order valence-electron chi connectivity index (χ2n) is 7.64. The first-order valence-corrected chi connectivity index (χ1v) is 10.3.